The summed E-state index contributed by atoms with van der Waals surface area (Å²) in [7, 11) is 4.01. The van der Waals surface area contributed by atoms with Crippen LogP contribution in [0.3, 0.4) is 0 Å². The van der Waals surface area contributed by atoms with Gasteiger partial charge in [-0.1, -0.05) is 48.6 Å². The van der Waals surface area contributed by atoms with Crippen molar-refractivity contribution in [1.82, 2.24) is 9.88 Å². The fourth-order valence-corrected chi connectivity index (χ4v) is 4.40. The van der Waals surface area contributed by atoms with E-state index in [-0.39, 0.29) is 5.91 Å². The number of hydrogen-bond acceptors (Lipinski definition) is 5. The number of rotatable bonds is 8. The van der Waals surface area contributed by atoms with Crippen LogP contribution in [-0.4, -0.2) is 43.0 Å². The largest absolute Gasteiger partial charge is 0.457 e. The number of nitrogens with zero attached hydrogens (tertiary/aromatic N) is 3. The quantitative estimate of drug-likeness (QED) is 0.341. The summed E-state index contributed by atoms with van der Waals surface area (Å²) in [6.07, 6.45) is 0.973. The Balaban J connectivity index is 1.64. The lowest BCUT2D eigenvalue weighted by molar-refractivity contribution is 0.0985. The highest BCUT2D eigenvalue weighted by Gasteiger charge is 2.22. The number of hydrogen-bond donors (Lipinski definition) is 0. The average Bonchev–Trinajstić information content (AvgIpc) is 3.22. The zero-order valence-electron chi connectivity index (χ0n) is 18.6. The molecule has 5 nitrogen and oxygen atoms in total. The van der Waals surface area contributed by atoms with Crippen molar-refractivity contribution >= 4 is 32.6 Å². The van der Waals surface area contributed by atoms with Gasteiger partial charge in [-0.05, 0) is 68.5 Å². The highest BCUT2D eigenvalue weighted by molar-refractivity contribution is 7.22. The number of para-hydroxylation sites is 1. The van der Waals surface area contributed by atoms with E-state index in [0.717, 1.165) is 34.1 Å². The van der Waals surface area contributed by atoms with Gasteiger partial charge in [-0.2, -0.15) is 0 Å². The molecule has 0 aliphatic rings. The van der Waals surface area contributed by atoms with Gasteiger partial charge in [0.15, 0.2) is 5.13 Å². The molecule has 0 aliphatic heterocycles. The molecule has 1 heterocycles. The van der Waals surface area contributed by atoms with Crippen molar-refractivity contribution < 1.29 is 9.53 Å². The van der Waals surface area contributed by atoms with Crippen LogP contribution >= 0.6 is 11.3 Å². The van der Waals surface area contributed by atoms with E-state index in [1.807, 2.05) is 68.7 Å². The molecule has 1 aromatic heterocycles. The maximum absolute atomic E-state index is 13.6. The van der Waals surface area contributed by atoms with Gasteiger partial charge in [0, 0.05) is 18.7 Å². The summed E-state index contributed by atoms with van der Waals surface area (Å²) in [5, 5.41) is 0.717. The number of aromatic nitrogens is 1. The van der Waals surface area contributed by atoms with Crippen molar-refractivity contribution in [3.8, 4) is 11.5 Å². The molecular formula is C26H27N3O2S. The van der Waals surface area contributed by atoms with Crippen LogP contribution in [0.2, 0.25) is 0 Å². The van der Waals surface area contributed by atoms with Gasteiger partial charge >= 0.3 is 0 Å². The Kier molecular flexibility index (Phi) is 6.83. The molecule has 1 amide bonds. The molecule has 0 fully saturated rings. The summed E-state index contributed by atoms with van der Waals surface area (Å²) >= 11 is 1.56. The van der Waals surface area contributed by atoms with Crippen LogP contribution in [0, 0.1) is 0 Å². The predicted molar refractivity (Wildman–Crippen MR) is 132 cm³/mol. The number of carbonyl (C=O) groups excluding carboxylic acids is 1. The minimum absolute atomic E-state index is 0.0832. The van der Waals surface area contributed by atoms with Gasteiger partial charge < -0.3 is 9.64 Å². The maximum atomic E-state index is 13.6. The normalized spacial score (nSPS) is 11.1. The molecule has 164 valence electrons. The van der Waals surface area contributed by atoms with Crippen molar-refractivity contribution in [2.75, 3.05) is 32.1 Å². The molecule has 0 radical (unpaired) electrons. The fraction of sp³-hybridized carbons (Fsp3) is 0.231. The van der Waals surface area contributed by atoms with E-state index in [0.29, 0.717) is 17.9 Å². The first-order chi connectivity index (χ1) is 15.5. The summed E-state index contributed by atoms with van der Waals surface area (Å²) in [4.78, 5) is 22.2. The van der Waals surface area contributed by atoms with Crippen molar-refractivity contribution in [2.45, 2.75) is 13.3 Å². The molecule has 6 heteroatoms. The Morgan fingerprint density at radius 1 is 0.938 bits per heavy atom. The Labute approximate surface area is 192 Å². The van der Waals surface area contributed by atoms with Crippen LogP contribution < -0.4 is 9.64 Å². The highest BCUT2D eigenvalue weighted by atomic mass is 32.1. The number of anilines is 1. The molecule has 4 rings (SSSR count). The van der Waals surface area contributed by atoms with Gasteiger partial charge in [0.1, 0.15) is 11.5 Å². The van der Waals surface area contributed by atoms with E-state index in [4.69, 9.17) is 9.72 Å². The van der Waals surface area contributed by atoms with E-state index >= 15 is 0 Å². The number of ether oxygens (including phenoxy) is 1. The average molecular weight is 446 g/mol. The molecule has 0 unspecified atom stereocenters. The molecule has 0 aliphatic carbocycles. The summed E-state index contributed by atoms with van der Waals surface area (Å²) in [6, 6.07) is 23.2. The summed E-state index contributed by atoms with van der Waals surface area (Å²) in [5.41, 5.74) is 2.77. The third-order valence-corrected chi connectivity index (χ3v) is 6.20. The highest BCUT2D eigenvalue weighted by Crippen LogP contribution is 2.31. The fourth-order valence-electron chi connectivity index (χ4n) is 3.35. The topological polar surface area (TPSA) is 45.7 Å². The minimum atomic E-state index is -0.0832. The number of thiazole rings is 1. The summed E-state index contributed by atoms with van der Waals surface area (Å²) in [6.45, 7) is 3.43. The van der Waals surface area contributed by atoms with Gasteiger partial charge in [0.05, 0.1) is 10.2 Å². The van der Waals surface area contributed by atoms with Gasteiger partial charge in [-0.3, -0.25) is 9.69 Å². The number of amides is 1. The smallest absolute Gasteiger partial charge is 0.260 e. The lowest BCUT2D eigenvalue weighted by Gasteiger charge is -2.22. The van der Waals surface area contributed by atoms with Crippen LogP contribution in [-0.2, 0) is 6.42 Å². The zero-order valence-corrected chi connectivity index (χ0v) is 19.4. The van der Waals surface area contributed by atoms with Gasteiger partial charge in [-0.15, -0.1) is 0 Å². The van der Waals surface area contributed by atoms with Gasteiger partial charge in [0.2, 0.25) is 0 Å². The predicted octanol–water partition coefficient (Wildman–Crippen LogP) is 5.86. The number of likely N-dealkylation sites (N-methyl/N-ethyl adjacent to an activating group) is 1. The van der Waals surface area contributed by atoms with E-state index in [1.165, 1.54) is 5.56 Å². The molecule has 0 bridgehead atoms. The van der Waals surface area contributed by atoms with E-state index in [2.05, 4.69) is 24.0 Å². The summed E-state index contributed by atoms with van der Waals surface area (Å²) in [5.74, 6) is 1.28. The number of aryl methyl sites for hydroxylation is 1. The Morgan fingerprint density at radius 2 is 1.72 bits per heavy atom. The second-order valence-electron chi connectivity index (χ2n) is 7.86. The third-order valence-electron chi connectivity index (χ3n) is 5.16. The number of fused-ring (bicyclic) bond motifs is 1. The number of carbonyl (C=O) groups is 1. The molecule has 4 aromatic rings. The van der Waals surface area contributed by atoms with Crippen molar-refractivity contribution in [2.24, 2.45) is 0 Å². The van der Waals surface area contributed by atoms with E-state index in [1.54, 1.807) is 22.3 Å². The van der Waals surface area contributed by atoms with Crippen LogP contribution in [0.1, 0.15) is 22.8 Å². The van der Waals surface area contributed by atoms with Crippen LogP contribution in [0.4, 0.5) is 5.13 Å². The first kappa shape index (κ1) is 22.0. The first-order valence-corrected chi connectivity index (χ1v) is 11.5. The second-order valence-corrected chi connectivity index (χ2v) is 8.86. The zero-order chi connectivity index (χ0) is 22.5. The van der Waals surface area contributed by atoms with Crippen LogP contribution in [0.25, 0.3) is 10.2 Å². The first-order valence-electron chi connectivity index (χ1n) is 10.7. The second kappa shape index (κ2) is 9.94. The molecule has 0 saturated heterocycles. The molecule has 0 saturated carbocycles. The monoisotopic (exact) mass is 445 g/mol. The molecule has 0 spiro atoms. The van der Waals surface area contributed by atoms with Crippen LogP contribution in [0.15, 0.2) is 72.8 Å². The van der Waals surface area contributed by atoms with Crippen LogP contribution in [0.5, 0.6) is 11.5 Å². The van der Waals surface area contributed by atoms with Crippen molar-refractivity contribution in [1.29, 1.82) is 0 Å². The molecule has 0 N–H and O–H groups in total. The van der Waals surface area contributed by atoms with Gasteiger partial charge in [-0.25, -0.2) is 4.98 Å². The van der Waals surface area contributed by atoms with Gasteiger partial charge in [0.25, 0.3) is 5.91 Å². The van der Waals surface area contributed by atoms with E-state index in [9.17, 15) is 4.79 Å². The Hall–Kier alpha value is -3.22. The lowest BCUT2D eigenvalue weighted by Crippen LogP contribution is -2.36. The van der Waals surface area contributed by atoms with E-state index < -0.39 is 0 Å². The Bertz CT molecular complexity index is 1200. The van der Waals surface area contributed by atoms with Crippen molar-refractivity contribution in [3.63, 3.8) is 0 Å². The SMILES string of the molecule is CCc1ccc2nc(N(CCN(C)C)C(=O)c3cccc(Oc4ccccc4)c3)sc2c1. The van der Waals surface area contributed by atoms with Crippen molar-refractivity contribution in [3.05, 3.63) is 83.9 Å². The molecule has 32 heavy (non-hydrogen) atoms. The summed E-state index contributed by atoms with van der Waals surface area (Å²) < 4.78 is 7.03. The minimum Gasteiger partial charge on any atom is -0.457 e. The maximum Gasteiger partial charge on any atom is 0.260 e. The number of benzene rings is 3. The molecular weight excluding hydrogens is 418 g/mol. The standard InChI is InChI=1S/C26H27N3O2S/c1-4-19-13-14-23-24(17-19)32-26(27-23)29(16-15-28(2)3)25(30)20-9-8-12-22(18-20)31-21-10-6-5-7-11-21/h5-14,17-18H,4,15-16H2,1-3H3. The Morgan fingerprint density at radius 3 is 2.47 bits per heavy atom. The molecule has 0 atom stereocenters. The third kappa shape index (κ3) is 5.15. The lowest BCUT2D eigenvalue weighted by atomic mass is 10.2. The molecule has 3 aromatic carbocycles.